The van der Waals surface area contributed by atoms with E-state index >= 15 is 0 Å². The number of carboxylic acids is 1. The molecule has 114 valence electrons. The molecule has 1 aliphatic rings. The number of hydrogen-bond donors (Lipinski definition) is 3. The molecule has 0 aliphatic heterocycles. The highest BCUT2D eigenvalue weighted by Crippen LogP contribution is 2.24. The molecule has 0 saturated heterocycles. The van der Waals surface area contributed by atoms with Crippen LogP contribution in [0.25, 0.3) is 0 Å². The number of carboxylic acid groups (broad SMARTS) is 1. The van der Waals surface area contributed by atoms with Gasteiger partial charge in [-0.05, 0) is 42.5 Å². The summed E-state index contributed by atoms with van der Waals surface area (Å²) >= 11 is 0. The first kappa shape index (κ1) is 15.3. The molecule has 0 aromatic heterocycles. The van der Waals surface area contributed by atoms with Gasteiger partial charge in [-0.15, -0.1) is 0 Å². The molecule has 1 aromatic rings. The second kappa shape index (κ2) is 7.08. The number of benzene rings is 1. The Bertz CT molecular complexity index is 530. The SMILES string of the molecule is COCCC(NC(=O)Nc1ccc2c(c1)CCC2)C(=O)O. The zero-order valence-electron chi connectivity index (χ0n) is 12.0. The normalized spacial score (nSPS) is 14.3. The molecule has 0 radical (unpaired) electrons. The second-order valence-electron chi connectivity index (χ2n) is 5.11. The minimum Gasteiger partial charge on any atom is -0.480 e. The summed E-state index contributed by atoms with van der Waals surface area (Å²) in [5.41, 5.74) is 3.26. The maximum absolute atomic E-state index is 11.9. The van der Waals surface area contributed by atoms with Crippen molar-refractivity contribution in [1.82, 2.24) is 5.32 Å². The molecule has 0 bridgehead atoms. The highest BCUT2D eigenvalue weighted by Gasteiger charge is 2.20. The molecule has 1 aliphatic carbocycles. The minimum atomic E-state index is -1.07. The lowest BCUT2D eigenvalue weighted by Crippen LogP contribution is -2.43. The summed E-state index contributed by atoms with van der Waals surface area (Å²) in [5, 5.41) is 14.2. The number of aryl methyl sites for hydroxylation is 2. The van der Waals surface area contributed by atoms with Crippen molar-refractivity contribution in [2.45, 2.75) is 31.7 Å². The summed E-state index contributed by atoms with van der Waals surface area (Å²) in [6.07, 6.45) is 3.48. The third-order valence-corrected chi connectivity index (χ3v) is 3.57. The van der Waals surface area contributed by atoms with Crippen LogP contribution in [0.1, 0.15) is 24.0 Å². The lowest BCUT2D eigenvalue weighted by atomic mass is 10.1. The zero-order chi connectivity index (χ0) is 15.2. The summed E-state index contributed by atoms with van der Waals surface area (Å²) in [5.74, 6) is -1.07. The Morgan fingerprint density at radius 1 is 1.33 bits per heavy atom. The quantitative estimate of drug-likeness (QED) is 0.746. The Hall–Kier alpha value is -2.08. The number of ether oxygens (including phenoxy) is 1. The van der Waals surface area contributed by atoms with Crippen LogP contribution in [0.5, 0.6) is 0 Å². The lowest BCUT2D eigenvalue weighted by Gasteiger charge is -2.15. The van der Waals surface area contributed by atoms with Crippen molar-refractivity contribution in [2.24, 2.45) is 0 Å². The van der Waals surface area contributed by atoms with E-state index < -0.39 is 18.0 Å². The van der Waals surface area contributed by atoms with Crippen LogP contribution in [-0.4, -0.2) is 36.9 Å². The van der Waals surface area contributed by atoms with Gasteiger partial charge < -0.3 is 20.5 Å². The van der Waals surface area contributed by atoms with Crippen molar-refractivity contribution in [3.8, 4) is 0 Å². The molecule has 0 heterocycles. The van der Waals surface area contributed by atoms with Gasteiger partial charge in [-0.3, -0.25) is 0 Å². The topological polar surface area (TPSA) is 87.7 Å². The van der Waals surface area contributed by atoms with Crippen LogP contribution in [0.4, 0.5) is 10.5 Å². The summed E-state index contributed by atoms with van der Waals surface area (Å²) in [6.45, 7) is 0.274. The number of amides is 2. The van der Waals surface area contributed by atoms with E-state index in [1.54, 1.807) is 0 Å². The number of methoxy groups -OCH3 is 1. The van der Waals surface area contributed by atoms with E-state index in [4.69, 9.17) is 9.84 Å². The first-order chi connectivity index (χ1) is 10.1. The number of nitrogens with one attached hydrogen (secondary N) is 2. The first-order valence-electron chi connectivity index (χ1n) is 7.01. The van der Waals surface area contributed by atoms with Crippen molar-refractivity contribution in [2.75, 3.05) is 19.0 Å². The monoisotopic (exact) mass is 292 g/mol. The number of fused-ring (bicyclic) bond motifs is 1. The molecular weight excluding hydrogens is 272 g/mol. The van der Waals surface area contributed by atoms with Crippen LogP contribution < -0.4 is 10.6 Å². The van der Waals surface area contributed by atoms with Gasteiger partial charge in [0.1, 0.15) is 6.04 Å². The van der Waals surface area contributed by atoms with Gasteiger partial charge in [-0.2, -0.15) is 0 Å². The van der Waals surface area contributed by atoms with Crippen molar-refractivity contribution >= 4 is 17.7 Å². The summed E-state index contributed by atoms with van der Waals surface area (Å²) < 4.78 is 4.84. The maximum Gasteiger partial charge on any atom is 0.326 e. The van der Waals surface area contributed by atoms with E-state index in [0.717, 1.165) is 19.3 Å². The fourth-order valence-corrected chi connectivity index (χ4v) is 2.47. The Morgan fingerprint density at radius 3 is 2.81 bits per heavy atom. The zero-order valence-corrected chi connectivity index (χ0v) is 12.0. The molecule has 1 unspecified atom stereocenters. The van der Waals surface area contributed by atoms with Crippen molar-refractivity contribution in [3.05, 3.63) is 29.3 Å². The first-order valence-corrected chi connectivity index (χ1v) is 7.01. The fraction of sp³-hybridized carbons (Fsp3) is 0.467. The van der Waals surface area contributed by atoms with Gasteiger partial charge in [0.2, 0.25) is 0 Å². The number of rotatable bonds is 6. The molecular formula is C15H20N2O4. The standard InChI is InChI=1S/C15H20N2O4/c1-21-8-7-13(14(18)19)17-15(20)16-12-6-5-10-3-2-4-11(10)9-12/h5-6,9,13H,2-4,7-8H2,1H3,(H,18,19)(H2,16,17,20). The van der Waals surface area contributed by atoms with E-state index in [1.165, 1.54) is 18.2 Å². The van der Waals surface area contributed by atoms with Crippen LogP contribution in [0.3, 0.4) is 0 Å². The predicted octanol–water partition coefficient (Wildman–Crippen LogP) is 1.79. The van der Waals surface area contributed by atoms with Gasteiger partial charge in [-0.25, -0.2) is 9.59 Å². The Morgan fingerprint density at radius 2 is 2.10 bits per heavy atom. The Labute approximate surface area is 123 Å². The molecule has 0 fully saturated rings. The van der Waals surface area contributed by atoms with Crippen LogP contribution >= 0.6 is 0 Å². The summed E-state index contributed by atoms with van der Waals surface area (Å²) in [6, 6.07) is 4.33. The van der Waals surface area contributed by atoms with E-state index in [9.17, 15) is 9.59 Å². The van der Waals surface area contributed by atoms with Gasteiger partial charge in [0.25, 0.3) is 0 Å². The predicted molar refractivity (Wildman–Crippen MR) is 78.5 cm³/mol. The van der Waals surface area contributed by atoms with Crippen LogP contribution in [0.2, 0.25) is 0 Å². The number of aliphatic carboxylic acids is 1. The molecule has 0 spiro atoms. The third-order valence-electron chi connectivity index (χ3n) is 3.57. The average molecular weight is 292 g/mol. The van der Waals surface area contributed by atoms with Gasteiger partial charge in [-0.1, -0.05) is 6.07 Å². The molecule has 1 aromatic carbocycles. The van der Waals surface area contributed by atoms with Gasteiger partial charge >= 0.3 is 12.0 Å². The smallest absolute Gasteiger partial charge is 0.326 e. The highest BCUT2D eigenvalue weighted by atomic mass is 16.5. The molecule has 3 N–H and O–H groups in total. The van der Waals surface area contributed by atoms with Gasteiger partial charge in [0, 0.05) is 25.8 Å². The number of carbonyl (C=O) groups excluding carboxylic acids is 1. The number of hydrogen-bond acceptors (Lipinski definition) is 3. The van der Waals surface area contributed by atoms with E-state index in [1.807, 2.05) is 18.2 Å². The Kier molecular flexibility index (Phi) is 5.16. The summed E-state index contributed by atoms with van der Waals surface area (Å²) in [7, 11) is 1.49. The molecule has 2 rings (SSSR count). The van der Waals surface area contributed by atoms with Crippen LogP contribution in [0.15, 0.2) is 18.2 Å². The van der Waals surface area contributed by atoms with Crippen LogP contribution in [-0.2, 0) is 22.4 Å². The fourth-order valence-electron chi connectivity index (χ4n) is 2.47. The van der Waals surface area contributed by atoms with Crippen molar-refractivity contribution in [1.29, 1.82) is 0 Å². The van der Waals surface area contributed by atoms with Crippen molar-refractivity contribution in [3.63, 3.8) is 0 Å². The van der Waals surface area contributed by atoms with E-state index in [-0.39, 0.29) is 13.0 Å². The lowest BCUT2D eigenvalue weighted by molar-refractivity contribution is -0.139. The molecule has 21 heavy (non-hydrogen) atoms. The summed E-state index contributed by atoms with van der Waals surface area (Å²) in [4.78, 5) is 22.9. The molecule has 6 nitrogen and oxygen atoms in total. The van der Waals surface area contributed by atoms with Crippen LogP contribution in [0, 0.1) is 0 Å². The number of urea groups is 1. The minimum absolute atomic E-state index is 0.226. The van der Waals surface area contributed by atoms with E-state index in [2.05, 4.69) is 10.6 Å². The molecule has 2 amide bonds. The molecule has 1 atom stereocenters. The molecule has 6 heteroatoms. The number of carbonyl (C=O) groups is 2. The number of anilines is 1. The average Bonchev–Trinajstić information content (AvgIpc) is 2.90. The molecule has 0 saturated carbocycles. The van der Waals surface area contributed by atoms with Gasteiger partial charge in [0.05, 0.1) is 0 Å². The maximum atomic E-state index is 11.9. The van der Waals surface area contributed by atoms with Gasteiger partial charge in [0.15, 0.2) is 0 Å². The Balaban J connectivity index is 1.92. The van der Waals surface area contributed by atoms with Crippen molar-refractivity contribution < 1.29 is 19.4 Å². The second-order valence-corrected chi connectivity index (χ2v) is 5.11. The largest absolute Gasteiger partial charge is 0.480 e. The highest BCUT2D eigenvalue weighted by molar-refractivity contribution is 5.92. The van der Waals surface area contributed by atoms with E-state index in [0.29, 0.717) is 5.69 Å². The third kappa shape index (κ3) is 4.19.